The van der Waals surface area contributed by atoms with Gasteiger partial charge < -0.3 is 10.2 Å². The van der Waals surface area contributed by atoms with Crippen molar-refractivity contribution in [2.24, 2.45) is 0 Å². The zero-order chi connectivity index (χ0) is 15.5. The number of halogens is 1. The first-order valence-corrected chi connectivity index (χ1v) is 7.09. The summed E-state index contributed by atoms with van der Waals surface area (Å²) in [4.78, 5) is 25.9. The quantitative estimate of drug-likeness (QED) is 0.871. The molecule has 2 amide bonds. The van der Waals surface area contributed by atoms with Crippen LogP contribution in [-0.4, -0.2) is 44.6 Å². The normalized spacial score (nSPS) is 17.8. The van der Waals surface area contributed by atoms with Gasteiger partial charge in [-0.1, -0.05) is 23.7 Å². The van der Waals surface area contributed by atoms with Gasteiger partial charge in [-0.2, -0.15) is 0 Å². The predicted molar refractivity (Wildman–Crippen MR) is 78.2 cm³/mol. The highest BCUT2D eigenvalue weighted by Gasteiger charge is 2.34. The van der Waals surface area contributed by atoms with E-state index in [0.717, 1.165) is 0 Å². The van der Waals surface area contributed by atoms with Gasteiger partial charge in [-0.3, -0.25) is 9.59 Å². The molecule has 0 saturated carbocycles. The van der Waals surface area contributed by atoms with E-state index in [4.69, 9.17) is 11.6 Å². The molecule has 1 aromatic carbocycles. The lowest BCUT2D eigenvalue weighted by atomic mass is 10.2. The zero-order valence-electron chi connectivity index (χ0n) is 11.5. The lowest BCUT2D eigenvalue weighted by Crippen LogP contribution is -2.42. The molecule has 0 bridgehead atoms. The number of anilines is 1. The highest BCUT2D eigenvalue weighted by Crippen LogP contribution is 2.28. The Bertz CT molecular complexity index is 690. The molecule has 114 valence electrons. The summed E-state index contributed by atoms with van der Waals surface area (Å²) in [5, 5.41) is 13.7. The van der Waals surface area contributed by atoms with Crippen molar-refractivity contribution in [2.75, 3.05) is 11.4 Å². The van der Waals surface area contributed by atoms with Crippen molar-refractivity contribution in [1.82, 2.24) is 25.5 Å². The van der Waals surface area contributed by atoms with Crippen LogP contribution in [0.5, 0.6) is 0 Å². The molecule has 2 aromatic rings. The van der Waals surface area contributed by atoms with E-state index in [1.807, 2.05) is 6.07 Å². The minimum atomic E-state index is -0.555. The number of para-hydroxylation sites is 1. The van der Waals surface area contributed by atoms with Crippen molar-refractivity contribution < 1.29 is 9.59 Å². The molecule has 1 atom stereocenters. The minimum absolute atomic E-state index is 0.0249. The van der Waals surface area contributed by atoms with E-state index in [2.05, 4.69) is 20.8 Å². The van der Waals surface area contributed by atoms with Gasteiger partial charge in [-0.25, -0.2) is 4.68 Å². The number of hydrogen-bond donors (Lipinski definition) is 1. The number of tetrazole rings is 1. The molecule has 1 N–H and O–H groups in total. The number of nitrogens with one attached hydrogen (secondary N) is 1. The number of amides is 2. The molecule has 0 spiro atoms. The molecule has 0 radical (unpaired) electrons. The number of nitrogens with zero attached hydrogens (tertiary/aromatic N) is 5. The smallest absolute Gasteiger partial charge is 0.249 e. The summed E-state index contributed by atoms with van der Waals surface area (Å²) in [6, 6.07) is 6.58. The Morgan fingerprint density at radius 2 is 2.23 bits per heavy atom. The summed E-state index contributed by atoms with van der Waals surface area (Å²) in [6.07, 6.45) is 1.87. The van der Waals surface area contributed by atoms with E-state index in [9.17, 15) is 9.59 Å². The number of benzene rings is 1. The van der Waals surface area contributed by atoms with Gasteiger partial charge in [0.2, 0.25) is 11.8 Å². The molecule has 0 aliphatic carbocycles. The summed E-state index contributed by atoms with van der Waals surface area (Å²) >= 11 is 6.11. The third kappa shape index (κ3) is 2.91. The first-order valence-electron chi connectivity index (χ1n) is 6.71. The first kappa shape index (κ1) is 14.5. The van der Waals surface area contributed by atoms with Gasteiger partial charge in [0.05, 0.1) is 10.7 Å². The molecule has 1 fully saturated rings. The topological polar surface area (TPSA) is 93.0 Å². The molecule has 1 aliphatic rings. The number of aromatic nitrogens is 4. The molecule has 22 heavy (non-hydrogen) atoms. The summed E-state index contributed by atoms with van der Waals surface area (Å²) in [7, 11) is 0. The van der Waals surface area contributed by atoms with Crippen LogP contribution in [0, 0.1) is 0 Å². The summed E-state index contributed by atoms with van der Waals surface area (Å²) in [6.45, 7) is 0.487. The fourth-order valence-corrected chi connectivity index (χ4v) is 2.60. The lowest BCUT2D eigenvalue weighted by molar-refractivity contribution is -0.127. The monoisotopic (exact) mass is 320 g/mol. The summed E-state index contributed by atoms with van der Waals surface area (Å²) in [5.74, 6) is -0.482. The molecule has 1 aliphatic heterocycles. The highest BCUT2D eigenvalue weighted by atomic mass is 35.5. The van der Waals surface area contributed by atoms with Crippen LogP contribution in [0.3, 0.4) is 0 Å². The lowest BCUT2D eigenvalue weighted by Gasteiger charge is -2.18. The highest BCUT2D eigenvalue weighted by molar-refractivity contribution is 6.34. The van der Waals surface area contributed by atoms with Crippen LogP contribution >= 0.6 is 11.6 Å². The van der Waals surface area contributed by atoms with E-state index in [1.165, 1.54) is 11.0 Å². The Hall–Kier alpha value is -2.48. The van der Waals surface area contributed by atoms with Gasteiger partial charge in [-0.05, 0) is 29.0 Å². The summed E-state index contributed by atoms with van der Waals surface area (Å²) in [5.41, 5.74) is 0.659. The Morgan fingerprint density at radius 3 is 2.95 bits per heavy atom. The fourth-order valence-electron chi connectivity index (χ4n) is 2.36. The second-order valence-electron chi connectivity index (χ2n) is 4.86. The number of hydrogen-bond acceptors (Lipinski definition) is 5. The van der Waals surface area contributed by atoms with Crippen molar-refractivity contribution in [2.45, 2.75) is 19.0 Å². The van der Waals surface area contributed by atoms with Gasteiger partial charge in [0.15, 0.2) is 0 Å². The maximum atomic E-state index is 12.4. The molecule has 9 heteroatoms. The van der Waals surface area contributed by atoms with Gasteiger partial charge in [0.25, 0.3) is 0 Å². The Morgan fingerprint density at radius 1 is 1.41 bits per heavy atom. The first-order chi connectivity index (χ1) is 10.6. The number of carbonyl (C=O) groups is 2. The van der Waals surface area contributed by atoms with Crippen LogP contribution in [-0.2, 0) is 16.1 Å². The standard InChI is InChI=1S/C13H13ClN6O2/c14-9-3-1-2-4-11(9)20-6-5-10(13(20)22)16-12(21)7-19-8-15-17-18-19/h1-4,8,10H,5-7H2,(H,16,21). The van der Waals surface area contributed by atoms with Crippen LogP contribution in [0.1, 0.15) is 6.42 Å². The number of carbonyl (C=O) groups excluding carboxylic acids is 2. The third-order valence-corrected chi connectivity index (χ3v) is 3.70. The molecule has 8 nitrogen and oxygen atoms in total. The molecule has 1 aromatic heterocycles. The third-order valence-electron chi connectivity index (χ3n) is 3.38. The molecule has 2 heterocycles. The average Bonchev–Trinajstić information content (AvgIpc) is 3.11. The van der Waals surface area contributed by atoms with Crippen LogP contribution in [0.15, 0.2) is 30.6 Å². The number of rotatable bonds is 4. The maximum Gasteiger partial charge on any atom is 0.249 e. The Balaban J connectivity index is 1.64. The van der Waals surface area contributed by atoms with Gasteiger partial charge in [0.1, 0.15) is 18.9 Å². The molecule has 3 rings (SSSR count). The van der Waals surface area contributed by atoms with E-state index in [-0.39, 0.29) is 18.4 Å². The second kappa shape index (κ2) is 6.10. The van der Waals surface area contributed by atoms with E-state index in [1.54, 1.807) is 23.1 Å². The van der Waals surface area contributed by atoms with Crippen molar-refractivity contribution in [1.29, 1.82) is 0 Å². The van der Waals surface area contributed by atoms with Crippen LogP contribution in [0.25, 0.3) is 0 Å². The van der Waals surface area contributed by atoms with Crippen molar-refractivity contribution in [3.8, 4) is 0 Å². The Labute approximate surface area is 131 Å². The summed E-state index contributed by atoms with van der Waals surface area (Å²) < 4.78 is 1.29. The fraction of sp³-hybridized carbons (Fsp3) is 0.308. The molecular weight excluding hydrogens is 308 g/mol. The van der Waals surface area contributed by atoms with Crippen molar-refractivity contribution >= 4 is 29.1 Å². The second-order valence-corrected chi connectivity index (χ2v) is 5.26. The van der Waals surface area contributed by atoms with E-state index >= 15 is 0 Å². The maximum absolute atomic E-state index is 12.4. The molecule has 1 saturated heterocycles. The van der Waals surface area contributed by atoms with Crippen LogP contribution in [0.4, 0.5) is 5.69 Å². The SMILES string of the molecule is O=C(Cn1cnnn1)NC1CCN(c2ccccc2Cl)C1=O. The average molecular weight is 321 g/mol. The Kier molecular flexibility index (Phi) is 4.01. The van der Waals surface area contributed by atoms with Crippen LogP contribution in [0.2, 0.25) is 5.02 Å². The predicted octanol–water partition coefficient (Wildman–Crippen LogP) is 0.248. The van der Waals surface area contributed by atoms with Crippen molar-refractivity contribution in [3.05, 3.63) is 35.6 Å². The van der Waals surface area contributed by atoms with E-state index in [0.29, 0.717) is 23.7 Å². The largest absolute Gasteiger partial charge is 0.343 e. The van der Waals surface area contributed by atoms with E-state index < -0.39 is 6.04 Å². The molecule has 1 unspecified atom stereocenters. The van der Waals surface area contributed by atoms with Gasteiger partial charge >= 0.3 is 0 Å². The van der Waals surface area contributed by atoms with Crippen molar-refractivity contribution in [3.63, 3.8) is 0 Å². The molecular formula is C13H13ClN6O2. The zero-order valence-corrected chi connectivity index (χ0v) is 12.3. The minimum Gasteiger partial charge on any atom is -0.343 e. The van der Waals surface area contributed by atoms with Gasteiger partial charge in [0, 0.05) is 6.54 Å². The van der Waals surface area contributed by atoms with Gasteiger partial charge in [-0.15, -0.1) is 5.10 Å². The van der Waals surface area contributed by atoms with Crippen LogP contribution < -0.4 is 10.2 Å².